The molecular formula is C34H53N5O7. The van der Waals surface area contributed by atoms with Gasteiger partial charge in [0, 0.05) is 51.6 Å². The Kier molecular flexibility index (Phi) is 11.2. The number of anilines is 2. The summed E-state index contributed by atoms with van der Waals surface area (Å²) < 4.78 is 17.0. The van der Waals surface area contributed by atoms with Crippen molar-refractivity contribution in [1.82, 2.24) is 15.1 Å². The largest absolute Gasteiger partial charge is 0.476 e. The molecule has 256 valence electrons. The van der Waals surface area contributed by atoms with Crippen molar-refractivity contribution < 1.29 is 33.4 Å². The Bertz CT molecular complexity index is 1270. The van der Waals surface area contributed by atoms with E-state index in [1.807, 2.05) is 32.3 Å². The summed E-state index contributed by atoms with van der Waals surface area (Å²) in [4.78, 5) is 61.5. The highest BCUT2D eigenvalue weighted by Gasteiger charge is 2.45. The number of methoxy groups -OCH3 is 1. The fourth-order valence-corrected chi connectivity index (χ4v) is 6.04. The van der Waals surface area contributed by atoms with Crippen molar-refractivity contribution in [2.45, 2.75) is 84.0 Å². The first-order valence-electron chi connectivity index (χ1n) is 16.5. The maximum absolute atomic E-state index is 14.4. The number of carbonyl (C=O) groups is 4. The number of hydrogen-bond acceptors (Lipinski definition) is 8. The van der Waals surface area contributed by atoms with Gasteiger partial charge in [-0.2, -0.15) is 0 Å². The van der Waals surface area contributed by atoms with Gasteiger partial charge >= 0.3 is 6.09 Å². The predicted octanol–water partition coefficient (Wildman–Crippen LogP) is 3.66. The van der Waals surface area contributed by atoms with Gasteiger partial charge in [0.25, 0.3) is 5.91 Å². The number of piperidine rings is 1. The SMILES string of the molecule is COCCCN1C(=O)C(C)(C)Oc2ccc(N(C(=O)[C@@H]3C[C@H](C(=O)NCCCN(C)C)CN(C(=O)OC(C)(C)C)C3)C3CC3)cc21. The molecule has 1 saturated heterocycles. The van der Waals surface area contributed by atoms with Crippen molar-refractivity contribution in [2.24, 2.45) is 11.8 Å². The number of ether oxygens (including phenoxy) is 3. The Hall–Kier alpha value is -3.38. The Morgan fingerprint density at radius 3 is 2.41 bits per heavy atom. The number of carbonyl (C=O) groups excluding carboxylic acids is 4. The molecule has 0 bridgehead atoms. The Balaban J connectivity index is 1.60. The van der Waals surface area contributed by atoms with E-state index in [1.54, 1.807) is 51.5 Å². The third-order valence-electron chi connectivity index (χ3n) is 8.42. The molecule has 3 aliphatic rings. The van der Waals surface area contributed by atoms with Gasteiger partial charge in [0.15, 0.2) is 5.60 Å². The maximum atomic E-state index is 14.4. The number of likely N-dealkylation sites (tertiary alicyclic amines) is 1. The highest BCUT2D eigenvalue weighted by atomic mass is 16.6. The molecule has 12 nitrogen and oxygen atoms in total. The first kappa shape index (κ1) is 35.5. The number of amides is 4. The van der Waals surface area contributed by atoms with Crippen LogP contribution in [0.25, 0.3) is 0 Å². The van der Waals surface area contributed by atoms with Crippen molar-refractivity contribution in [2.75, 3.05) is 70.3 Å². The van der Waals surface area contributed by atoms with Crippen LogP contribution < -0.4 is 19.9 Å². The molecule has 2 fully saturated rings. The van der Waals surface area contributed by atoms with E-state index in [0.29, 0.717) is 49.7 Å². The highest BCUT2D eigenvalue weighted by molar-refractivity contribution is 6.04. The molecule has 0 unspecified atom stereocenters. The lowest BCUT2D eigenvalue weighted by atomic mass is 9.87. The molecule has 1 aromatic rings. The molecule has 1 aromatic carbocycles. The van der Waals surface area contributed by atoms with Crippen LogP contribution >= 0.6 is 0 Å². The standard InChI is InChI=1S/C34H53N5O7/c1-33(2,3)46-32(43)37-21-23(29(40)35-15-9-16-36(6)7)19-24(22-37)30(41)39(25-11-12-25)26-13-14-28-27(20-26)38(17-10-18-44-8)31(42)34(4,5)45-28/h13-14,20,23-25H,9-12,15-19,21-22H2,1-8H3,(H,35,40)/t23-,24+/m0/s1. The molecule has 1 saturated carbocycles. The van der Waals surface area contributed by atoms with Crippen LogP contribution in [0.1, 0.15) is 66.7 Å². The Labute approximate surface area is 273 Å². The maximum Gasteiger partial charge on any atom is 0.410 e. The fourth-order valence-electron chi connectivity index (χ4n) is 6.04. The minimum atomic E-state index is -1.02. The lowest BCUT2D eigenvalue weighted by molar-refractivity contribution is -0.133. The fraction of sp³-hybridized carbons (Fsp3) is 0.706. The zero-order chi connectivity index (χ0) is 33.8. The van der Waals surface area contributed by atoms with Crippen LogP contribution in [0.3, 0.4) is 0 Å². The highest BCUT2D eigenvalue weighted by Crippen LogP contribution is 2.43. The summed E-state index contributed by atoms with van der Waals surface area (Å²) >= 11 is 0. The molecule has 4 rings (SSSR count). The van der Waals surface area contributed by atoms with Crippen molar-refractivity contribution in [1.29, 1.82) is 0 Å². The first-order chi connectivity index (χ1) is 21.6. The van der Waals surface area contributed by atoms with Gasteiger partial charge in [-0.3, -0.25) is 14.4 Å². The second-order valence-electron chi connectivity index (χ2n) is 14.5. The van der Waals surface area contributed by atoms with Gasteiger partial charge in [-0.1, -0.05) is 0 Å². The Morgan fingerprint density at radius 1 is 1.09 bits per heavy atom. The first-order valence-corrected chi connectivity index (χ1v) is 16.5. The average molecular weight is 644 g/mol. The number of fused-ring (bicyclic) bond motifs is 1. The van der Waals surface area contributed by atoms with Crippen molar-refractivity contribution in [3.05, 3.63) is 18.2 Å². The summed E-state index contributed by atoms with van der Waals surface area (Å²) in [5, 5.41) is 3.01. The lowest BCUT2D eigenvalue weighted by Crippen LogP contribution is -2.54. The van der Waals surface area contributed by atoms with Crippen LogP contribution in [0.2, 0.25) is 0 Å². The summed E-state index contributed by atoms with van der Waals surface area (Å²) in [6, 6.07) is 5.54. The molecule has 1 N–H and O–H groups in total. The monoisotopic (exact) mass is 643 g/mol. The van der Waals surface area contributed by atoms with Crippen LogP contribution in [0.15, 0.2) is 18.2 Å². The summed E-state index contributed by atoms with van der Waals surface area (Å²) in [7, 11) is 5.60. The number of rotatable bonds is 12. The van der Waals surface area contributed by atoms with Crippen molar-refractivity contribution in [3.63, 3.8) is 0 Å². The van der Waals surface area contributed by atoms with Gasteiger partial charge in [0.05, 0.1) is 17.5 Å². The summed E-state index contributed by atoms with van der Waals surface area (Å²) in [6.07, 6.45) is 2.93. The van der Waals surface area contributed by atoms with Gasteiger partial charge in [-0.05, 0) is 106 Å². The van der Waals surface area contributed by atoms with E-state index in [2.05, 4.69) is 10.2 Å². The molecule has 1 aliphatic carbocycles. The molecule has 0 spiro atoms. The third-order valence-corrected chi connectivity index (χ3v) is 8.42. The number of nitrogens with one attached hydrogen (secondary N) is 1. The molecule has 2 atom stereocenters. The summed E-state index contributed by atoms with van der Waals surface area (Å²) in [5.74, 6) is -1.04. The van der Waals surface area contributed by atoms with E-state index in [0.717, 1.165) is 25.8 Å². The minimum absolute atomic E-state index is 0.000596. The normalized spacial score (nSPS) is 21.0. The van der Waals surface area contributed by atoms with E-state index in [1.165, 1.54) is 4.90 Å². The van der Waals surface area contributed by atoms with Crippen LogP contribution in [0.5, 0.6) is 5.75 Å². The predicted molar refractivity (Wildman–Crippen MR) is 176 cm³/mol. The molecule has 46 heavy (non-hydrogen) atoms. The van der Waals surface area contributed by atoms with Gasteiger partial charge in [-0.25, -0.2) is 4.79 Å². The molecule has 4 amide bonds. The molecular weight excluding hydrogens is 590 g/mol. The van der Waals surface area contributed by atoms with Gasteiger partial charge < -0.3 is 39.1 Å². The summed E-state index contributed by atoms with van der Waals surface area (Å²) in [6.45, 7) is 11.6. The van der Waals surface area contributed by atoms with E-state index in [-0.39, 0.29) is 36.9 Å². The van der Waals surface area contributed by atoms with Gasteiger partial charge in [0.2, 0.25) is 11.8 Å². The Morgan fingerprint density at radius 2 is 1.78 bits per heavy atom. The third kappa shape index (κ3) is 8.90. The smallest absolute Gasteiger partial charge is 0.410 e. The number of nitrogens with zero attached hydrogens (tertiary/aromatic N) is 4. The molecule has 0 aromatic heterocycles. The second kappa shape index (κ2) is 14.6. The van der Waals surface area contributed by atoms with E-state index in [4.69, 9.17) is 14.2 Å². The second-order valence-corrected chi connectivity index (χ2v) is 14.5. The van der Waals surface area contributed by atoms with Crippen molar-refractivity contribution in [3.8, 4) is 5.75 Å². The molecule has 12 heteroatoms. The average Bonchev–Trinajstić information content (AvgIpc) is 3.81. The molecule has 2 aliphatic heterocycles. The zero-order valence-corrected chi connectivity index (χ0v) is 28.9. The van der Waals surface area contributed by atoms with Crippen LogP contribution in [0, 0.1) is 11.8 Å². The van der Waals surface area contributed by atoms with E-state index >= 15 is 0 Å². The van der Waals surface area contributed by atoms with E-state index < -0.39 is 29.1 Å². The van der Waals surface area contributed by atoms with Gasteiger partial charge in [0.1, 0.15) is 11.4 Å². The summed E-state index contributed by atoms with van der Waals surface area (Å²) in [5.41, 5.74) is -0.462. The topological polar surface area (TPSA) is 121 Å². The quantitative estimate of drug-likeness (QED) is 0.343. The minimum Gasteiger partial charge on any atom is -0.476 e. The van der Waals surface area contributed by atoms with Crippen LogP contribution in [0.4, 0.5) is 16.2 Å². The zero-order valence-electron chi connectivity index (χ0n) is 28.9. The molecule has 2 heterocycles. The lowest BCUT2D eigenvalue weighted by Gasteiger charge is -2.40. The number of hydrogen-bond donors (Lipinski definition) is 1. The van der Waals surface area contributed by atoms with Crippen molar-refractivity contribution >= 4 is 35.2 Å². The van der Waals surface area contributed by atoms with Crippen LogP contribution in [-0.4, -0.2) is 111 Å². The van der Waals surface area contributed by atoms with Gasteiger partial charge in [-0.15, -0.1) is 0 Å². The van der Waals surface area contributed by atoms with Crippen LogP contribution in [-0.2, 0) is 23.9 Å². The number of benzene rings is 1. The van der Waals surface area contributed by atoms with E-state index in [9.17, 15) is 19.2 Å². The molecule has 0 radical (unpaired) electrons.